The molecule has 14 heteroatoms. The molecule has 0 radical (unpaired) electrons. The maximum atomic E-state index is 13.6. The largest absolute Gasteiger partial charge is 0.356 e. The van der Waals surface area contributed by atoms with E-state index >= 15 is 0 Å². The molecule has 2 heterocycles. The Morgan fingerprint density at radius 1 is 0.732 bits per heavy atom. The van der Waals surface area contributed by atoms with Gasteiger partial charge in [0, 0.05) is 86.4 Å². The molecule has 2 atom stereocenters. The summed E-state index contributed by atoms with van der Waals surface area (Å²) in [6, 6.07) is 15.2. The quantitative estimate of drug-likeness (QED) is 0.0947. The van der Waals surface area contributed by atoms with Crippen molar-refractivity contribution < 1.29 is 43.2 Å². The average molecular weight is 774 g/mol. The second-order valence-electron chi connectivity index (χ2n) is 15.6. The van der Waals surface area contributed by atoms with Crippen LogP contribution in [0.3, 0.4) is 0 Å². The molecule has 4 rings (SSSR count). The Kier molecular flexibility index (Phi) is 15.4. The molecule has 2 aromatic rings. The highest BCUT2D eigenvalue weighted by molar-refractivity contribution is 6.09. The van der Waals surface area contributed by atoms with Crippen molar-refractivity contribution in [1.29, 1.82) is 0 Å². The summed E-state index contributed by atoms with van der Waals surface area (Å²) in [5.41, 5.74) is 0.262. The van der Waals surface area contributed by atoms with Gasteiger partial charge in [-0.3, -0.25) is 33.6 Å². The van der Waals surface area contributed by atoms with Gasteiger partial charge in [-0.15, -0.1) is 5.06 Å². The van der Waals surface area contributed by atoms with E-state index in [9.17, 15) is 38.4 Å². The summed E-state index contributed by atoms with van der Waals surface area (Å²) in [5.74, 6) is -2.63. The van der Waals surface area contributed by atoms with Crippen molar-refractivity contribution in [2.75, 3.05) is 26.2 Å². The summed E-state index contributed by atoms with van der Waals surface area (Å²) in [7, 11) is 0. The van der Waals surface area contributed by atoms with E-state index in [2.05, 4.69) is 16.0 Å². The molecule has 0 bridgehead atoms. The van der Waals surface area contributed by atoms with Crippen LogP contribution in [0.5, 0.6) is 0 Å². The second-order valence-corrected chi connectivity index (χ2v) is 15.6. The number of rotatable bonds is 21. The number of nitrogens with zero attached hydrogens (tertiary/aromatic N) is 2. The smallest absolute Gasteiger partial charge is 0.333 e. The summed E-state index contributed by atoms with van der Waals surface area (Å²) in [6.45, 7) is 9.43. The second kappa shape index (κ2) is 20.0. The number of imide groups is 1. The Balaban J connectivity index is 1.22. The van der Waals surface area contributed by atoms with Crippen LogP contribution in [-0.4, -0.2) is 89.4 Å². The first-order valence-electron chi connectivity index (χ1n) is 19.5. The third-order valence-corrected chi connectivity index (χ3v) is 10.5. The standard InChI is InChI=1S/C42H55N5O9/c1-5-42(4,40(55)44-24-11-23-43-39(54)31-19-17-30(18-20-31)38(53)29-12-7-6-8-13-29)27-32(46-25-10-15-34(46)49)26-41(2,3)28-45-33(48)14-9-16-37(52)56-47-35(50)21-22-36(47)51/h6-8,12-13,17-20,32H,5,9-11,14-16,21-28H2,1-4H3,(H,43,54)(H,44,55)(H,45,48). The fourth-order valence-corrected chi connectivity index (χ4v) is 6.94. The first kappa shape index (κ1) is 43.3. The molecule has 2 aromatic carbocycles. The summed E-state index contributed by atoms with van der Waals surface area (Å²) in [6.07, 6.45) is 3.31. The molecule has 2 aliphatic rings. The van der Waals surface area contributed by atoms with Crippen LogP contribution in [0.1, 0.15) is 125 Å². The summed E-state index contributed by atoms with van der Waals surface area (Å²) in [5, 5.41) is 9.31. The SMILES string of the molecule is CCC(C)(CC(CC(C)(C)CNC(=O)CCCC(=O)ON1C(=O)CCC1=O)N1CCCC1=O)C(=O)NCCCNC(=O)c1ccc(C(=O)c2ccccc2)cc1. The number of hydrogen-bond acceptors (Lipinski definition) is 9. The van der Waals surface area contributed by atoms with Gasteiger partial charge in [0.2, 0.25) is 17.7 Å². The lowest BCUT2D eigenvalue weighted by Crippen LogP contribution is -2.48. The van der Waals surface area contributed by atoms with Gasteiger partial charge in [0.1, 0.15) is 0 Å². The highest BCUT2D eigenvalue weighted by Gasteiger charge is 2.40. The minimum atomic E-state index is -0.784. The van der Waals surface area contributed by atoms with Crippen LogP contribution in [0, 0.1) is 10.8 Å². The van der Waals surface area contributed by atoms with Crippen molar-refractivity contribution in [2.45, 2.75) is 104 Å². The third kappa shape index (κ3) is 12.3. The van der Waals surface area contributed by atoms with Crippen LogP contribution in [0.15, 0.2) is 54.6 Å². The molecule has 0 aromatic heterocycles. The zero-order chi connectivity index (χ0) is 40.9. The predicted octanol–water partition coefficient (Wildman–Crippen LogP) is 4.26. The van der Waals surface area contributed by atoms with Crippen molar-refractivity contribution in [2.24, 2.45) is 10.8 Å². The van der Waals surface area contributed by atoms with E-state index in [-0.39, 0.29) is 67.6 Å². The van der Waals surface area contributed by atoms with Crippen LogP contribution < -0.4 is 16.0 Å². The Labute approximate surface area is 328 Å². The van der Waals surface area contributed by atoms with Crippen LogP contribution in [0.2, 0.25) is 0 Å². The van der Waals surface area contributed by atoms with Crippen molar-refractivity contribution in [3.05, 3.63) is 71.3 Å². The van der Waals surface area contributed by atoms with E-state index in [0.29, 0.717) is 80.0 Å². The van der Waals surface area contributed by atoms with Crippen molar-refractivity contribution in [1.82, 2.24) is 25.9 Å². The Bertz CT molecular complexity index is 1750. The van der Waals surface area contributed by atoms with E-state index in [0.717, 1.165) is 6.42 Å². The average Bonchev–Trinajstić information content (AvgIpc) is 3.76. The van der Waals surface area contributed by atoms with Gasteiger partial charge in [-0.2, -0.15) is 0 Å². The van der Waals surface area contributed by atoms with Gasteiger partial charge in [0.05, 0.1) is 0 Å². The Morgan fingerprint density at radius 3 is 1.98 bits per heavy atom. The number of amides is 6. The fourth-order valence-electron chi connectivity index (χ4n) is 6.94. The Hall–Kier alpha value is -5.40. The number of carbonyl (C=O) groups excluding carboxylic acids is 8. The molecular formula is C42H55N5O9. The fraction of sp³-hybridized carbons (Fsp3) is 0.524. The number of nitrogens with one attached hydrogen (secondary N) is 3. The highest BCUT2D eigenvalue weighted by atomic mass is 16.7. The van der Waals surface area contributed by atoms with Crippen LogP contribution in [0.25, 0.3) is 0 Å². The number of benzene rings is 2. The van der Waals surface area contributed by atoms with Crippen LogP contribution in [-0.2, 0) is 33.6 Å². The van der Waals surface area contributed by atoms with Gasteiger partial charge in [0.25, 0.3) is 17.7 Å². The van der Waals surface area contributed by atoms with E-state index in [1.165, 1.54) is 0 Å². The molecule has 2 fully saturated rings. The van der Waals surface area contributed by atoms with Crippen molar-refractivity contribution >= 4 is 47.2 Å². The minimum absolute atomic E-state index is 0.00461. The van der Waals surface area contributed by atoms with Crippen LogP contribution in [0.4, 0.5) is 0 Å². The number of ketones is 1. The highest BCUT2D eigenvalue weighted by Crippen LogP contribution is 2.36. The topological polar surface area (TPSA) is 188 Å². The molecular weight excluding hydrogens is 718 g/mol. The van der Waals surface area contributed by atoms with Crippen molar-refractivity contribution in [3.63, 3.8) is 0 Å². The van der Waals surface area contributed by atoms with E-state index in [1.54, 1.807) is 48.5 Å². The zero-order valence-corrected chi connectivity index (χ0v) is 32.9. The van der Waals surface area contributed by atoms with Crippen LogP contribution >= 0.6 is 0 Å². The molecule has 14 nitrogen and oxygen atoms in total. The molecule has 0 saturated carbocycles. The maximum absolute atomic E-state index is 13.6. The summed E-state index contributed by atoms with van der Waals surface area (Å²) < 4.78 is 0. The molecule has 2 unspecified atom stereocenters. The number of carbonyl (C=O) groups is 8. The summed E-state index contributed by atoms with van der Waals surface area (Å²) in [4.78, 5) is 107. The molecule has 0 spiro atoms. The molecule has 2 saturated heterocycles. The molecule has 302 valence electrons. The number of likely N-dealkylation sites (tertiary alicyclic amines) is 1. The normalized spacial score (nSPS) is 16.0. The molecule has 0 aliphatic carbocycles. The zero-order valence-electron chi connectivity index (χ0n) is 32.9. The molecule has 2 aliphatic heterocycles. The van der Waals surface area contributed by atoms with Gasteiger partial charge in [-0.25, -0.2) is 4.79 Å². The third-order valence-electron chi connectivity index (χ3n) is 10.5. The first-order chi connectivity index (χ1) is 26.6. The lowest BCUT2D eigenvalue weighted by Gasteiger charge is -2.40. The lowest BCUT2D eigenvalue weighted by atomic mass is 9.75. The number of hydroxylamine groups is 2. The van der Waals surface area contributed by atoms with Gasteiger partial charge in [0.15, 0.2) is 5.78 Å². The Morgan fingerprint density at radius 2 is 1.36 bits per heavy atom. The van der Waals surface area contributed by atoms with E-state index in [1.807, 2.05) is 38.7 Å². The molecule has 56 heavy (non-hydrogen) atoms. The minimum Gasteiger partial charge on any atom is -0.356 e. The van der Waals surface area contributed by atoms with Crippen molar-refractivity contribution in [3.8, 4) is 0 Å². The molecule has 3 N–H and O–H groups in total. The van der Waals surface area contributed by atoms with Gasteiger partial charge in [-0.05, 0) is 56.1 Å². The maximum Gasteiger partial charge on any atom is 0.333 e. The monoisotopic (exact) mass is 773 g/mol. The predicted molar refractivity (Wildman–Crippen MR) is 206 cm³/mol. The van der Waals surface area contributed by atoms with Gasteiger partial charge >= 0.3 is 5.97 Å². The van der Waals surface area contributed by atoms with E-state index < -0.39 is 28.6 Å². The first-order valence-corrected chi connectivity index (χ1v) is 19.5. The molecule has 6 amide bonds. The summed E-state index contributed by atoms with van der Waals surface area (Å²) >= 11 is 0. The number of hydrogen-bond donors (Lipinski definition) is 3. The van der Waals surface area contributed by atoms with Gasteiger partial charge < -0.3 is 25.7 Å². The lowest BCUT2D eigenvalue weighted by molar-refractivity contribution is -0.197. The van der Waals surface area contributed by atoms with E-state index in [4.69, 9.17) is 4.84 Å². The van der Waals surface area contributed by atoms with Gasteiger partial charge in [-0.1, -0.05) is 70.2 Å².